The van der Waals surface area contributed by atoms with Crippen LogP contribution in [0.25, 0.3) is 44.3 Å². The number of para-hydroxylation sites is 2. The third-order valence-corrected chi connectivity index (χ3v) is 10.5. The van der Waals surface area contributed by atoms with E-state index in [4.69, 9.17) is 28.5 Å². The molecular formula is C42H40Br2N6O4. The minimum Gasteiger partial charge on any atom is -0.492 e. The average Bonchev–Trinajstić information content (AvgIpc) is 3.88. The molecule has 0 aliphatic carbocycles. The van der Waals surface area contributed by atoms with E-state index >= 15 is 0 Å². The Morgan fingerprint density at radius 3 is 1.63 bits per heavy atom. The summed E-state index contributed by atoms with van der Waals surface area (Å²) in [6.45, 7) is 14.4. The van der Waals surface area contributed by atoms with Gasteiger partial charge >= 0.3 is 0 Å². The lowest BCUT2D eigenvalue weighted by Crippen LogP contribution is -2.09. The normalized spacial score (nSPS) is 11.3. The fraction of sp³-hybridized carbons (Fsp3) is 0.238. The molecule has 4 aromatic heterocycles. The molecule has 54 heavy (non-hydrogen) atoms. The molecule has 0 spiro atoms. The van der Waals surface area contributed by atoms with Crippen molar-refractivity contribution in [1.82, 2.24) is 29.4 Å². The Bertz CT molecular complexity index is 2520. The number of rotatable bonds is 10. The maximum Gasteiger partial charge on any atom is 0.141 e. The lowest BCUT2D eigenvalue weighted by molar-refractivity contribution is 0.299. The van der Waals surface area contributed by atoms with Crippen molar-refractivity contribution < 1.29 is 18.5 Å². The number of ether oxygens (including phenoxy) is 2. The second-order valence-electron chi connectivity index (χ2n) is 13.0. The standard InChI is InChI=1S/2C21H20BrN3O2/c1-13-20(14(2)27-24-13)16-11-18(22)21-19(12-16)25(15(3)23-21)9-10-26-17-7-5-4-6-8-17;1-13-20(14(2)27-24-13)16-11-18(22)21-19(12-16)23-15(3)25(21)9-10-26-17-7-5-4-6-8-17/h2*4-8,11-12H,9-10H2,1-3H3. The van der Waals surface area contributed by atoms with E-state index < -0.39 is 0 Å². The molecule has 0 unspecified atom stereocenters. The van der Waals surface area contributed by atoms with Crippen LogP contribution in [0, 0.1) is 41.5 Å². The molecule has 4 heterocycles. The molecule has 0 atom stereocenters. The van der Waals surface area contributed by atoms with Gasteiger partial charge in [-0.2, -0.15) is 0 Å². The SMILES string of the molecule is Cc1noc(C)c1-c1cc(Br)c2c(c1)nc(C)n2CCOc1ccccc1.Cc1noc(C)c1-c1cc(Br)c2nc(C)n(CCOc3ccccc3)c2c1. The summed E-state index contributed by atoms with van der Waals surface area (Å²) in [5, 5.41) is 8.14. The van der Waals surface area contributed by atoms with Gasteiger partial charge in [0, 0.05) is 20.1 Å². The molecule has 0 saturated heterocycles. The Hall–Kier alpha value is -5.20. The number of hydrogen-bond donors (Lipinski definition) is 0. The van der Waals surface area contributed by atoms with Gasteiger partial charge in [0.1, 0.15) is 53.4 Å². The van der Waals surface area contributed by atoms with Crippen LogP contribution in [0.15, 0.2) is 103 Å². The summed E-state index contributed by atoms with van der Waals surface area (Å²) in [7, 11) is 0. The topological polar surface area (TPSA) is 106 Å². The minimum absolute atomic E-state index is 0.573. The number of halogens is 2. The van der Waals surface area contributed by atoms with E-state index in [1.165, 1.54) is 0 Å². The van der Waals surface area contributed by atoms with Crippen molar-refractivity contribution in [3.05, 3.63) is 128 Å². The van der Waals surface area contributed by atoms with Gasteiger partial charge in [0.05, 0.1) is 41.0 Å². The van der Waals surface area contributed by atoms with Gasteiger partial charge in [-0.1, -0.05) is 46.7 Å². The molecule has 0 fully saturated rings. The highest BCUT2D eigenvalue weighted by atomic mass is 79.9. The van der Waals surface area contributed by atoms with Gasteiger partial charge in [-0.25, -0.2) is 9.97 Å². The summed E-state index contributed by atoms with van der Waals surface area (Å²) in [6, 6.07) is 28.1. The van der Waals surface area contributed by atoms with Gasteiger partial charge in [-0.15, -0.1) is 0 Å². The molecule has 4 aromatic carbocycles. The number of nitrogens with zero attached hydrogens (tertiary/aromatic N) is 6. The van der Waals surface area contributed by atoms with Crippen LogP contribution in [0.1, 0.15) is 34.6 Å². The van der Waals surface area contributed by atoms with Gasteiger partial charge in [-0.05, 0) is 133 Å². The van der Waals surface area contributed by atoms with E-state index in [9.17, 15) is 0 Å². The van der Waals surface area contributed by atoms with Crippen LogP contribution < -0.4 is 9.47 Å². The number of fused-ring (bicyclic) bond motifs is 2. The van der Waals surface area contributed by atoms with E-state index in [1.807, 2.05) is 102 Å². The summed E-state index contributed by atoms with van der Waals surface area (Å²) in [5.41, 5.74) is 9.96. The minimum atomic E-state index is 0.573. The first-order valence-electron chi connectivity index (χ1n) is 17.6. The summed E-state index contributed by atoms with van der Waals surface area (Å²) in [4.78, 5) is 9.48. The van der Waals surface area contributed by atoms with Crippen molar-refractivity contribution >= 4 is 53.9 Å². The molecule has 0 N–H and O–H groups in total. The van der Waals surface area contributed by atoms with Crippen molar-refractivity contribution in [2.24, 2.45) is 0 Å². The van der Waals surface area contributed by atoms with Crippen molar-refractivity contribution in [1.29, 1.82) is 0 Å². The third kappa shape index (κ3) is 7.72. The van der Waals surface area contributed by atoms with Crippen LogP contribution >= 0.6 is 31.9 Å². The Morgan fingerprint density at radius 2 is 1.09 bits per heavy atom. The molecule has 0 radical (unpaired) electrons. The summed E-state index contributed by atoms with van der Waals surface area (Å²) >= 11 is 7.41. The zero-order chi connectivity index (χ0) is 37.9. The Morgan fingerprint density at radius 1 is 0.593 bits per heavy atom. The second-order valence-corrected chi connectivity index (χ2v) is 14.7. The molecule has 0 saturated carbocycles. The van der Waals surface area contributed by atoms with Crippen LogP contribution in [0.2, 0.25) is 0 Å². The second kappa shape index (κ2) is 16.0. The maximum atomic E-state index is 5.87. The monoisotopic (exact) mass is 850 g/mol. The highest BCUT2D eigenvalue weighted by Crippen LogP contribution is 2.36. The summed E-state index contributed by atoms with van der Waals surface area (Å²) in [5.74, 6) is 5.29. The molecule has 12 heteroatoms. The molecule has 0 aliphatic heterocycles. The van der Waals surface area contributed by atoms with Gasteiger partial charge in [0.15, 0.2) is 0 Å². The van der Waals surface area contributed by atoms with E-state index in [0.29, 0.717) is 19.8 Å². The first-order chi connectivity index (χ1) is 26.1. The number of hydrogen-bond acceptors (Lipinski definition) is 8. The van der Waals surface area contributed by atoms with E-state index in [0.717, 1.165) is 106 Å². The molecule has 0 aliphatic rings. The van der Waals surface area contributed by atoms with Crippen molar-refractivity contribution in [2.45, 2.75) is 54.6 Å². The molecule has 8 rings (SSSR count). The first kappa shape index (κ1) is 37.1. The van der Waals surface area contributed by atoms with E-state index in [1.54, 1.807) is 0 Å². The lowest BCUT2D eigenvalue weighted by atomic mass is 10.0. The predicted molar refractivity (Wildman–Crippen MR) is 218 cm³/mol. The van der Waals surface area contributed by atoms with Gasteiger partial charge in [0.2, 0.25) is 0 Å². The van der Waals surface area contributed by atoms with Crippen LogP contribution in [0.4, 0.5) is 0 Å². The highest BCUT2D eigenvalue weighted by Gasteiger charge is 2.19. The van der Waals surface area contributed by atoms with Crippen LogP contribution in [0.5, 0.6) is 11.5 Å². The largest absolute Gasteiger partial charge is 0.492 e. The van der Waals surface area contributed by atoms with Gasteiger partial charge in [-0.3, -0.25) is 0 Å². The van der Waals surface area contributed by atoms with E-state index in [2.05, 4.69) is 75.6 Å². The highest BCUT2D eigenvalue weighted by molar-refractivity contribution is 9.11. The van der Waals surface area contributed by atoms with Crippen molar-refractivity contribution in [2.75, 3.05) is 13.2 Å². The quantitative estimate of drug-likeness (QED) is 0.134. The molecular weight excluding hydrogens is 812 g/mol. The number of aryl methyl sites for hydroxylation is 6. The summed E-state index contributed by atoms with van der Waals surface area (Å²) < 4.78 is 28.7. The zero-order valence-electron chi connectivity index (χ0n) is 31.0. The van der Waals surface area contributed by atoms with Crippen LogP contribution in [-0.2, 0) is 13.1 Å². The fourth-order valence-corrected chi connectivity index (χ4v) is 8.01. The Labute approximate surface area is 330 Å². The number of benzene rings is 4. The van der Waals surface area contributed by atoms with Crippen molar-refractivity contribution in [3.63, 3.8) is 0 Å². The number of aromatic nitrogens is 6. The van der Waals surface area contributed by atoms with Gasteiger partial charge in [0.25, 0.3) is 0 Å². The molecule has 0 amide bonds. The molecule has 10 nitrogen and oxygen atoms in total. The fourth-order valence-electron chi connectivity index (χ4n) is 6.81. The van der Waals surface area contributed by atoms with Gasteiger partial charge < -0.3 is 27.7 Å². The smallest absolute Gasteiger partial charge is 0.141 e. The van der Waals surface area contributed by atoms with Crippen LogP contribution in [-0.4, -0.2) is 42.6 Å². The zero-order valence-corrected chi connectivity index (χ0v) is 34.2. The first-order valence-corrected chi connectivity index (χ1v) is 19.2. The summed E-state index contributed by atoms with van der Waals surface area (Å²) in [6.07, 6.45) is 0. The molecule has 0 bridgehead atoms. The Kier molecular flexibility index (Phi) is 11.0. The number of imidazole rings is 2. The Balaban J connectivity index is 0.000000167. The average molecular weight is 853 g/mol. The predicted octanol–water partition coefficient (Wildman–Crippen LogP) is 10.9. The van der Waals surface area contributed by atoms with E-state index in [-0.39, 0.29) is 0 Å². The maximum absolute atomic E-state index is 5.87. The molecule has 8 aromatic rings. The third-order valence-electron chi connectivity index (χ3n) is 9.28. The molecule has 276 valence electrons. The lowest BCUT2D eigenvalue weighted by Gasteiger charge is -2.10. The van der Waals surface area contributed by atoms with Crippen molar-refractivity contribution in [3.8, 4) is 33.8 Å². The van der Waals surface area contributed by atoms with Crippen LogP contribution in [0.3, 0.4) is 0 Å².